The summed E-state index contributed by atoms with van der Waals surface area (Å²) in [6.45, 7) is 3.46. The maximum atomic E-state index is 12.9. The molecule has 1 amide bonds. The van der Waals surface area contributed by atoms with Gasteiger partial charge in [0, 0.05) is 25.0 Å². The number of nitrogens with one attached hydrogen (secondary N) is 2. The fourth-order valence-electron chi connectivity index (χ4n) is 2.11. The molecule has 2 N–H and O–H groups in total. The minimum absolute atomic E-state index is 0.177. The molecule has 1 aliphatic rings. The highest BCUT2D eigenvalue weighted by atomic mass is 19.1. The molecule has 1 atom stereocenters. The summed E-state index contributed by atoms with van der Waals surface area (Å²) in [5.41, 5.74) is 1.08. The molecule has 1 fully saturated rings. The van der Waals surface area contributed by atoms with E-state index < -0.39 is 0 Å². The highest BCUT2D eigenvalue weighted by Gasteiger charge is 2.28. The summed E-state index contributed by atoms with van der Waals surface area (Å²) in [6, 6.07) is 6.78. The van der Waals surface area contributed by atoms with E-state index >= 15 is 0 Å². The molecular formula is C15H21FN2O. The molecule has 104 valence electrons. The molecule has 0 saturated heterocycles. The van der Waals surface area contributed by atoms with Gasteiger partial charge in [0.05, 0.1) is 0 Å². The molecular weight excluding hydrogens is 243 g/mol. The number of amides is 1. The summed E-state index contributed by atoms with van der Waals surface area (Å²) >= 11 is 0. The van der Waals surface area contributed by atoms with Crippen molar-refractivity contribution in [2.24, 2.45) is 5.92 Å². The number of hydrogen-bond donors (Lipinski definition) is 2. The van der Waals surface area contributed by atoms with Crippen LogP contribution in [0.3, 0.4) is 0 Å². The van der Waals surface area contributed by atoms with E-state index in [2.05, 4.69) is 17.6 Å². The third-order valence-electron chi connectivity index (χ3n) is 3.44. The minimum atomic E-state index is -0.213. The molecule has 3 nitrogen and oxygen atoms in total. The molecule has 19 heavy (non-hydrogen) atoms. The average molecular weight is 264 g/mol. The Kier molecular flexibility index (Phi) is 4.91. The number of carbonyl (C=O) groups excluding carboxylic acids is 1. The molecule has 0 aliphatic heterocycles. The van der Waals surface area contributed by atoms with E-state index in [9.17, 15) is 9.18 Å². The van der Waals surface area contributed by atoms with Gasteiger partial charge >= 0.3 is 0 Å². The summed E-state index contributed by atoms with van der Waals surface area (Å²) in [5, 5.41) is 6.31. The molecule has 1 aliphatic carbocycles. The van der Waals surface area contributed by atoms with Crippen molar-refractivity contribution in [3.63, 3.8) is 0 Å². The predicted octanol–water partition coefficient (Wildman–Crippen LogP) is 2.39. The molecule has 0 aromatic heterocycles. The Balaban J connectivity index is 1.72. The Bertz CT molecular complexity index is 415. The second-order valence-electron chi connectivity index (χ2n) is 5.03. The van der Waals surface area contributed by atoms with Crippen LogP contribution < -0.4 is 10.6 Å². The van der Waals surface area contributed by atoms with Crippen LogP contribution in [0.4, 0.5) is 4.39 Å². The Labute approximate surface area is 113 Å². The van der Waals surface area contributed by atoms with Crippen LogP contribution in [0, 0.1) is 11.7 Å². The van der Waals surface area contributed by atoms with E-state index in [1.807, 2.05) is 0 Å². The van der Waals surface area contributed by atoms with Gasteiger partial charge in [-0.25, -0.2) is 4.39 Å². The van der Waals surface area contributed by atoms with Crippen molar-refractivity contribution in [3.8, 4) is 0 Å². The van der Waals surface area contributed by atoms with E-state index in [1.165, 1.54) is 12.1 Å². The van der Waals surface area contributed by atoms with Crippen molar-refractivity contribution < 1.29 is 9.18 Å². The molecule has 1 saturated carbocycles. The number of hydrogen-bond acceptors (Lipinski definition) is 2. The van der Waals surface area contributed by atoms with Crippen molar-refractivity contribution in [1.29, 1.82) is 0 Å². The van der Waals surface area contributed by atoms with Crippen LogP contribution in [0.5, 0.6) is 0 Å². The standard InChI is InChI=1S/C15H21FN2O/c1-2-14(11-5-7-13(16)8-6-11)17-9-10-18-15(19)12-3-4-12/h5-8,12,14,17H,2-4,9-10H2,1H3,(H,18,19). The second kappa shape index (κ2) is 6.66. The van der Waals surface area contributed by atoms with Crippen molar-refractivity contribution in [2.75, 3.05) is 13.1 Å². The maximum Gasteiger partial charge on any atom is 0.223 e. The van der Waals surface area contributed by atoms with Crippen LogP contribution in [0.2, 0.25) is 0 Å². The molecule has 1 aromatic rings. The molecule has 4 heteroatoms. The summed E-state index contributed by atoms with van der Waals surface area (Å²) in [7, 11) is 0. The zero-order valence-electron chi connectivity index (χ0n) is 11.3. The first-order chi connectivity index (χ1) is 9.20. The highest BCUT2D eigenvalue weighted by Crippen LogP contribution is 2.28. The second-order valence-corrected chi connectivity index (χ2v) is 5.03. The number of benzene rings is 1. The minimum Gasteiger partial charge on any atom is -0.355 e. The van der Waals surface area contributed by atoms with Gasteiger partial charge in [-0.2, -0.15) is 0 Å². The molecule has 1 unspecified atom stereocenters. The van der Waals surface area contributed by atoms with Crippen molar-refractivity contribution in [3.05, 3.63) is 35.6 Å². The quantitative estimate of drug-likeness (QED) is 0.742. The molecule has 0 bridgehead atoms. The van der Waals surface area contributed by atoms with Crippen LogP contribution in [0.25, 0.3) is 0 Å². The fraction of sp³-hybridized carbons (Fsp3) is 0.533. The first-order valence-corrected chi connectivity index (χ1v) is 6.97. The highest BCUT2D eigenvalue weighted by molar-refractivity contribution is 5.80. The van der Waals surface area contributed by atoms with E-state index in [0.717, 1.165) is 31.4 Å². The Morgan fingerprint density at radius 2 is 2.00 bits per heavy atom. The Hall–Kier alpha value is -1.42. The maximum absolute atomic E-state index is 12.9. The van der Waals surface area contributed by atoms with Gasteiger partial charge in [0.2, 0.25) is 5.91 Å². The topological polar surface area (TPSA) is 41.1 Å². The van der Waals surface area contributed by atoms with Gasteiger partial charge in [0.25, 0.3) is 0 Å². The first-order valence-electron chi connectivity index (χ1n) is 6.97. The van der Waals surface area contributed by atoms with Crippen molar-refractivity contribution >= 4 is 5.91 Å². The number of rotatable bonds is 7. The van der Waals surface area contributed by atoms with E-state index in [0.29, 0.717) is 6.54 Å². The van der Waals surface area contributed by atoms with Gasteiger partial charge in [0.15, 0.2) is 0 Å². The Morgan fingerprint density at radius 1 is 1.32 bits per heavy atom. The van der Waals surface area contributed by atoms with Crippen LogP contribution >= 0.6 is 0 Å². The fourth-order valence-corrected chi connectivity index (χ4v) is 2.11. The SMILES string of the molecule is CCC(NCCNC(=O)C1CC1)c1ccc(F)cc1. The lowest BCUT2D eigenvalue weighted by Crippen LogP contribution is -2.34. The zero-order chi connectivity index (χ0) is 13.7. The smallest absolute Gasteiger partial charge is 0.223 e. The van der Waals surface area contributed by atoms with E-state index in [4.69, 9.17) is 0 Å². The third kappa shape index (κ3) is 4.31. The lowest BCUT2D eigenvalue weighted by Gasteiger charge is -2.17. The monoisotopic (exact) mass is 264 g/mol. The van der Waals surface area contributed by atoms with Gasteiger partial charge in [-0.1, -0.05) is 19.1 Å². The molecule has 0 radical (unpaired) electrons. The lowest BCUT2D eigenvalue weighted by molar-refractivity contribution is -0.122. The van der Waals surface area contributed by atoms with Crippen LogP contribution in [0.15, 0.2) is 24.3 Å². The summed E-state index contributed by atoms with van der Waals surface area (Å²) in [6.07, 6.45) is 3.00. The van der Waals surface area contributed by atoms with Gasteiger partial charge in [-0.15, -0.1) is 0 Å². The normalized spacial score (nSPS) is 16.1. The molecule has 0 heterocycles. The van der Waals surface area contributed by atoms with Crippen molar-refractivity contribution in [2.45, 2.75) is 32.2 Å². The van der Waals surface area contributed by atoms with Crippen LogP contribution in [-0.2, 0) is 4.79 Å². The van der Waals surface area contributed by atoms with E-state index in [-0.39, 0.29) is 23.7 Å². The molecule has 1 aromatic carbocycles. The van der Waals surface area contributed by atoms with Crippen LogP contribution in [0.1, 0.15) is 37.8 Å². The molecule has 2 rings (SSSR count). The first kappa shape index (κ1) is 14.0. The van der Waals surface area contributed by atoms with Gasteiger partial charge in [-0.3, -0.25) is 4.79 Å². The third-order valence-corrected chi connectivity index (χ3v) is 3.44. The van der Waals surface area contributed by atoms with Gasteiger partial charge in [-0.05, 0) is 37.0 Å². The summed E-state index contributed by atoms with van der Waals surface area (Å²) in [5.74, 6) is 0.228. The summed E-state index contributed by atoms with van der Waals surface area (Å²) in [4.78, 5) is 11.4. The van der Waals surface area contributed by atoms with Gasteiger partial charge < -0.3 is 10.6 Å². The van der Waals surface area contributed by atoms with Crippen molar-refractivity contribution in [1.82, 2.24) is 10.6 Å². The summed E-state index contributed by atoms with van der Waals surface area (Å²) < 4.78 is 12.9. The Morgan fingerprint density at radius 3 is 2.58 bits per heavy atom. The number of carbonyl (C=O) groups is 1. The lowest BCUT2D eigenvalue weighted by atomic mass is 10.0. The number of halogens is 1. The van der Waals surface area contributed by atoms with E-state index in [1.54, 1.807) is 12.1 Å². The largest absolute Gasteiger partial charge is 0.355 e. The molecule has 0 spiro atoms. The average Bonchev–Trinajstić information content (AvgIpc) is 3.24. The van der Waals surface area contributed by atoms with Gasteiger partial charge in [0.1, 0.15) is 5.82 Å². The zero-order valence-corrected chi connectivity index (χ0v) is 11.3. The van der Waals surface area contributed by atoms with Crippen LogP contribution in [-0.4, -0.2) is 19.0 Å². The predicted molar refractivity (Wildman–Crippen MR) is 73.2 cm³/mol.